The van der Waals surface area contributed by atoms with Crippen LogP contribution in [-0.2, 0) is 0 Å². The molecular weight excluding hydrogens is 246 g/mol. The van der Waals surface area contributed by atoms with Crippen molar-refractivity contribution < 1.29 is 0 Å². The molecule has 0 unspecified atom stereocenters. The number of hydrazone groups is 1. The van der Waals surface area contributed by atoms with Gasteiger partial charge in [0.25, 0.3) is 0 Å². The molecule has 0 atom stereocenters. The molecule has 2 rings (SSSR count). The quantitative estimate of drug-likeness (QED) is 0.761. The molecule has 110 valence electrons. The summed E-state index contributed by atoms with van der Waals surface area (Å²) in [5.74, 6) is 0. The van der Waals surface area contributed by atoms with Gasteiger partial charge < -0.3 is 4.90 Å². The van der Waals surface area contributed by atoms with Gasteiger partial charge in [0.05, 0.1) is 6.21 Å². The molecule has 0 saturated carbocycles. The molecule has 0 bridgehead atoms. The second-order valence-corrected chi connectivity index (χ2v) is 5.38. The molecule has 0 radical (unpaired) electrons. The predicted octanol–water partition coefficient (Wildman–Crippen LogP) is 3.74. The smallest absolute Gasteiger partial charge is 0.0542 e. The molecule has 1 heterocycles. The Balaban J connectivity index is 1.95. The van der Waals surface area contributed by atoms with E-state index >= 15 is 0 Å². The Morgan fingerprint density at radius 2 is 1.60 bits per heavy atom. The molecule has 1 aliphatic rings. The van der Waals surface area contributed by atoms with Gasteiger partial charge in [0.1, 0.15) is 0 Å². The average molecular weight is 273 g/mol. The normalized spacial score (nSPS) is 16.4. The predicted molar refractivity (Wildman–Crippen MR) is 87.6 cm³/mol. The highest BCUT2D eigenvalue weighted by Gasteiger charge is 2.05. The van der Waals surface area contributed by atoms with Gasteiger partial charge in [-0.3, -0.25) is 5.01 Å². The van der Waals surface area contributed by atoms with Gasteiger partial charge >= 0.3 is 0 Å². The van der Waals surface area contributed by atoms with Gasteiger partial charge in [-0.25, -0.2) is 0 Å². The first-order chi connectivity index (χ1) is 9.83. The first-order valence-corrected chi connectivity index (χ1v) is 7.97. The van der Waals surface area contributed by atoms with Crippen LogP contribution in [0.4, 0.5) is 5.69 Å². The molecule has 0 aromatic heterocycles. The highest BCUT2D eigenvalue weighted by Crippen LogP contribution is 2.14. The van der Waals surface area contributed by atoms with Crippen LogP contribution < -0.4 is 4.90 Å². The maximum absolute atomic E-state index is 4.62. The molecule has 0 amide bonds. The molecule has 0 spiro atoms. The number of benzene rings is 1. The van der Waals surface area contributed by atoms with Crippen LogP contribution >= 0.6 is 0 Å². The molecule has 3 heteroatoms. The first kappa shape index (κ1) is 14.9. The van der Waals surface area contributed by atoms with Gasteiger partial charge in [0, 0.05) is 31.9 Å². The minimum Gasteiger partial charge on any atom is -0.372 e. The van der Waals surface area contributed by atoms with E-state index in [0.717, 1.165) is 26.2 Å². The summed E-state index contributed by atoms with van der Waals surface area (Å²) in [7, 11) is 0. The monoisotopic (exact) mass is 273 g/mol. The van der Waals surface area contributed by atoms with Gasteiger partial charge in [0.2, 0.25) is 0 Å². The summed E-state index contributed by atoms with van der Waals surface area (Å²) in [5, 5.41) is 6.84. The Morgan fingerprint density at radius 1 is 1.00 bits per heavy atom. The van der Waals surface area contributed by atoms with E-state index in [1.54, 1.807) is 0 Å². The zero-order valence-electron chi connectivity index (χ0n) is 12.9. The fourth-order valence-electron chi connectivity index (χ4n) is 2.68. The number of anilines is 1. The minimum absolute atomic E-state index is 1.05. The standard InChI is InChI=1S/C17H27N3/c1-3-19(4-2)17-11-9-16(10-12-17)15-18-20-13-7-5-6-8-14-20/h9-12,15H,3-8,13-14H2,1-2H3/b18-15-. The van der Waals surface area contributed by atoms with Crippen LogP contribution in [-0.4, -0.2) is 37.4 Å². The maximum Gasteiger partial charge on any atom is 0.0542 e. The van der Waals surface area contributed by atoms with Crippen molar-refractivity contribution in [2.45, 2.75) is 39.5 Å². The van der Waals surface area contributed by atoms with Crippen LogP contribution in [0.1, 0.15) is 45.1 Å². The summed E-state index contributed by atoms with van der Waals surface area (Å²) in [4.78, 5) is 2.36. The third-order valence-corrected chi connectivity index (χ3v) is 3.97. The van der Waals surface area contributed by atoms with Crippen LogP contribution in [0.15, 0.2) is 29.4 Å². The molecule has 3 nitrogen and oxygen atoms in total. The molecule has 1 fully saturated rings. The van der Waals surface area contributed by atoms with Crippen LogP contribution in [0.25, 0.3) is 0 Å². The molecule has 1 aromatic carbocycles. The number of rotatable bonds is 5. The van der Waals surface area contributed by atoms with Crippen LogP contribution in [0.3, 0.4) is 0 Å². The van der Waals surface area contributed by atoms with Gasteiger partial charge in [-0.05, 0) is 44.4 Å². The van der Waals surface area contributed by atoms with Crippen LogP contribution in [0.5, 0.6) is 0 Å². The second kappa shape index (κ2) is 7.93. The lowest BCUT2D eigenvalue weighted by molar-refractivity contribution is 0.302. The third-order valence-electron chi connectivity index (χ3n) is 3.97. The van der Waals surface area contributed by atoms with E-state index in [4.69, 9.17) is 0 Å². The average Bonchev–Trinajstić information content (AvgIpc) is 2.76. The number of hydrogen-bond acceptors (Lipinski definition) is 3. The number of nitrogens with zero attached hydrogens (tertiary/aromatic N) is 3. The lowest BCUT2D eigenvalue weighted by Crippen LogP contribution is -2.21. The van der Waals surface area contributed by atoms with Crippen molar-refractivity contribution in [1.82, 2.24) is 5.01 Å². The Bertz CT molecular complexity index is 399. The van der Waals surface area contributed by atoms with Crippen molar-refractivity contribution in [3.8, 4) is 0 Å². The van der Waals surface area contributed by atoms with Crippen molar-refractivity contribution in [3.63, 3.8) is 0 Å². The van der Waals surface area contributed by atoms with E-state index in [-0.39, 0.29) is 0 Å². The molecule has 1 saturated heterocycles. The lowest BCUT2D eigenvalue weighted by atomic mass is 10.2. The van der Waals surface area contributed by atoms with Crippen molar-refractivity contribution in [3.05, 3.63) is 29.8 Å². The van der Waals surface area contributed by atoms with Crippen molar-refractivity contribution >= 4 is 11.9 Å². The Labute approximate surface area is 123 Å². The summed E-state index contributed by atoms with van der Waals surface area (Å²) in [5.41, 5.74) is 2.48. The van der Waals surface area contributed by atoms with E-state index in [9.17, 15) is 0 Å². The van der Waals surface area contributed by atoms with Gasteiger partial charge in [-0.15, -0.1) is 0 Å². The molecular formula is C17H27N3. The largest absolute Gasteiger partial charge is 0.372 e. The summed E-state index contributed by atoms with van der Waals surface area (Å²) in [6.45, 7) is 8.70. The Kier molecular flexibility index (Phi) is 5.90. The molecule has 1 aromatic rings. The van der Waals surface area contributed by atoms with E-state index in [1.807, 2.05) is 6.21 Å². The fraction of sp³-hybridized carbons (Fsp3) is 0.588. The Hall–Kier alpha value is -1.51. The highest BCUT2D eigenvalue weighted by atomic mass is 15.4. The van der Waals surface area contributed by atoms with Crippen molar-refractivity contribution in [2.24, 2.45) is 5.10 Å². The first-order valence-electron chi connectivity index (χ1n) is 7.97. The van der Waals surface area contributed by atoms with E-state index in [0.29, 0.717) is 0 Å². The summed E-state index contributed by atoms with van der Waals surface area (Å²) in [6.07, 6.45) is 7.25. The van der Waals surface area contributed by atoms with E-state index < -0.39 is 0 Å². The van der Waals surface area contributed by atoms with E-state index in [1.165, 1.54) is 36.9 Å². The van der Waals surface area contributed by atoms with Crippen molar-refractivity contribution in [1.29, 1.82) is 0 Å². The SMILES string of the molecule is CCN(CC)c1ccc(/C=N\N2CCCCCC2)cc1. The van der Waals surface area contributed by atoms with Crippen molar-refractivity contribution in [2.75, 3.05) is 31.1 Å². The van der Waals surface area contributed by atoms with E-state index in [2.05, 4.69) is 53.1 Å². The highest BCUT2D eigenvalue weighted by molar-refractivity contribution is 5.80. The third kappa shape index (κ3) is 4.26. The molecule has 0 N–H and O–H groups in total. The van der Waals surface area contributed by atoms with Gasteiger partial charge in [0.15, 0.2) is 0 Å². The van der Waals surface area contributed by atoms with Crippen LogP contribution in [0.2, 0.25) is 0 Å². The summed E-state index contributed by atoms with van der Waals surface area (Å²) in [6, 6.07) is 8.71. The lowest BCUT2D eigenvalue weighted by Gasteiger charge is -2.21. The summed E-state index contributed by atoms with van der Waals surface area (Å²) < 4.78 is 0. The fourth-order valence-corrected chi connectivity index (χ4v) is 2.68. The van der Waals surface area contributed by atoms with Gasteiger partial charge in [-0.1, -0.05) is 25.0 Å². The number of hydrogen-bond donors (Lipinski definition) is 0. The molecule has 0 aliphatic carbocycles. The summed E-state index contributed by atoms with van der Waals surface area (Å²) >= 11 is 0. The maximum atomic E-state index is 4.62. The Morgan fingerprint density at radius 3 is 2.15 bits per heavy atom. The molecule has 20 heavy (non-hydrogen) atoms. The molecule has 1 aliphatic heterocycles. The van der Waals surface area contributed by atoms with Gasteiger partial charge in [-0.2, -0.15) is 5.10 Å². The van der Waals surface area contributed by atoms with Crippen LogP contribution in [0, 0.1) is 0 Å². The zero-order chi connectivity index (χ0) is 14.2. The zero-order valence-corrected chi connectivity index (χ0v) is 12.9. The second-order valence-electron chi connectivity index (χ2n) is 5.38. The topological polar surface area (TPSA) is 18.8 Å². The minimum atomic E-state index is 1.05.